The molecule has 2 atom stereocenters. The Kier molecular flexibility index (Phi) is 4.71. The Hall–Kier alpha value is -2.50. The molecule has 5 heteroatoms. The van der Waals surface area contributed by atoms with Gasteiger partial charge in [-0.25, -0.2) is 4.98 Å². The van der Waals surface area contributed by atoms with E-state index in [4.69, 9.17) is 4.98 Å². The summed E-state index contributed by atoms with van der Waals surface area (Å²) in [6.45, 7) is 4.17. The van der Waals surface area contributed by atoms with Gasteiger partial charge in [0.15, 0.2) is 0 Å². The average Bonchev–Trinajstić information content (AvgIpc) is 3.30. The largest absolute Gasteiger partial charge is 0.298 e. The Morgan fingerprint density at radius 3 is 2.54 bits per heavy atom. The molecule has 0 bridgehead atoms. The van der Waals surface area contributed by atoms with Crippen LogP contribution in [0.15, 0.2) is 65.6 Å². The van der Waals surface area contributed by atoms with Gasteiger partial charge in [0, 0.05) is 50.5 Å². The fraction of sp³-hybridized carbons (Fsp3) is 0.391. The van der Waals surface area contributed by atoms with Crippen LogP contribution in [-0.4, -0.2) is 50.9 Å². The highest BCUT2D eigenvalue weighted by Crippen LogP contribution is 2.32. The molecule has 0 N–H and O–H groups in total. The van der Waals surface area contributed by atoms with Crippen LogP contribution in [0.5, 0.6) is 0 Å². The minimum Gasteiger partial charge on any atom is -0.298 e. The van der Waals surface area contributed by atoms with E-state index in [1.54, 1.807) is 16.7 Å². The molecule has 1 aromatic carbocycles. The van der Waals surface area contributed by atoms with Gasteiger partial charge in [-0.2, -0.15) is 0 Å². The van der Waals surface area contributed by atoms with Gasteiger partial charge in [-0.3, -0.25) is 19.0 Å². The first-order chi connectivity index (χ1) is 13.8. The number of likely N-dealkylation sites (tertiary alicyclic amines) is 2. The van der Waals surface area contributed by atoms with Gasteiger partial charge in [-0.05, 0) is 37.0 Å². The molecule has 2 aliphatic heterocycles. The van der Waals surface area contributed by atoms with Crippen LogP contribution in [0.3, 0.4) is 0 Å². The molecule has 0 aliphatic carbocycles. The van der Waals surface area contributed by atoms with Crippen molar-refractivity contribution in [1.29, 1.82) is 0 Å². The van der Waals surface area contributed by atoms with Crippen molar-refractivity contribution in [2.24, 2.45) is 0 Å². The Labute approximate surface area is 165 Å². The number of hydrogen-bond acceptors (Lipinski definition) is 4. The van der Waals surface area contributed by atoms with E-state index in [2.05, 4.69) is 40.1 Å². The highest BCUT2D eigenvalue weighted by Gasteiger charge is 2.41. The topological polar surface area (TPSA) is 40.9 Å². The first-order valence-corrected chi connectivity index (χ1v) is 10.3. The van der Waals surface area contributed by atoms with Gasteiger partial charge >= 0.3 is 0 Å². The van der Waals surface area contributed by atoms with Gasteiger partial charge in [0.05, 0.1) is 5.69 Å². The Balaban J connectivity index is 1.26. The lowest BCUT2D eigenvalue weighted by Crippen LogP contribution is -2.37. The van der Waals surface area contributed by atoms with Crippen LogP contribution in [0, 0.1) is 0 Å². The standard InChI is InChI=1S/C23H26N4O/c28-23-16-19(24-22-8-4-5-12-27(22)23)17-26-15-11-20-21(26)10-14-25(20)13-9-18-6-2-1-3-7-18/h1-8,12,16,20-21H,9-11,13-15,17H2/t20-,21-/m0/s1. The van der Waals surface area contributed by atoms with Gasteiger partial charge in [-0.1, -0.05) is 36.4 Å². The number of pyridine rings is 1. The Morgan fingerprint density at radius 2 is 1.68 bits per heavy atom. The van der Waals surface area contributed by atoms with Crippen LogP contribution >= 0.6 is 0 Å². The van der Waals surface area contributed by atoms with Gasteiger partial charge < -0.3 is 0 Å². The summed E-state index contributed by atoms with van der Waals surface area (Å²) < 4.78 is 1.61. The summed E-state index contributed by atoms with van der Waals surface area (Å²) in [6, 6.07) is 19.4. The second-order valence-electron chi connectivity index (χ2n) is 7.97. The molecule has 2 fully saturated rings. The number of fused-ring (bicyclic) bond motifs is 2. The van der Waals surface area contributed by atoms with Crippen molar-refractivity contribution in [1.82, 2.24) is 19.2 Å². The third-order valence-electron chi connectivity index (χ3n) is 6.33. The molecule has 144 valence electrons. The maximum atomic E-state index is 12.4. The molecule has 0 unspecified atom stereocenters. The second-order valence-corrected chi connectivity index (χ2v) is 7.97. The van der Waals surface area contributed by atoms with Crippen LogP contribution in [-0.2, 0) is 13.0 Å². The molecular formula is C23H26N4O. The number of nitrogens with zero attached hydrogens (tertiary/aromatic N) is 4. The summed E-state index contributed by atoms with van der Waals surface area (Å²) in [4.78, 5) is 22.3. The summed E-state index contributed by atoms with van der Waals surface area (Å²) in [7, 11) is 0. The third-order valence-corrected chi connectivity index (χ3v) is 6.33. The van der Waals surface area contributed by atoms with E-state index in [1.807, 2.05) is 18.2 Å². The Bertz CT molecular complexity index is 1020. The fourth-order valence-corrected chi connectivity index (χ4v) is 4.95. The lowest BCUT2D eigenvalue weighted by molar-refractivity contribution is 0.216. The van der Waals surface area contributed by atoms with Crippen molar-refractivity contribution in [2.75, 3.05) is 19.6 Å². The predicted molar refractivity (Wildman–Crippen MR) is 110 cm³/mol. The van der Waals surface area contributed by atoms with E-state index in [0.29, 0.717) is 12.1 Å². The SMILES string of the molecule is O=c1cc(CN2CC[C@H]3[C@@H]2CCN3CCc2ccccc2)nc2ccccn12. The molecule has 0 radical (unpaired) electrons. The smallest absolute Gasteiger partial charge is 0.258 e. The normalized spacial score (nSPS) is 22.7. The van der Waals surface area contributed by atoms with Crippen LogP contribution < -0.4 is 5.56 Å². The van der Waals surface area contributed by atoms with Crippen molar-refractivity contribution in [3.05, 3.63) is 82.4 Å². The lowest BCUT2D eigenvalue weighted by Gasteiger charge is -2.25. The second kappa shape index (κ2) is 7.49. The van der Waals surface area contributed by atoms with E-state index in [0.717, 1.165) is 37.4 Å². The maximum absolute atomic E-state index is 12.4. The van der Waals surface area contributed by atoms with E-state index in [9.17, 15) is 4.79 Å². The lowest BCUT2D eigenvalue weighted by atomic mass is 10.1. The zero-order valence-corrected chi connectivity index (χ0v) is 16.1. The van der Waals surface area contributed by atoms with Crippen LogP contribution in [0.25, 0.3) is 5.65 Å². The third kappa shape index (κ3) is 3.36. The Morgan fingerprint density at radius 1 is 0.929 bits per heavy atom. The van der Waals surface area contributed by atoms with E-state index >= 15 is 0 Å². The summed E-state index contributed by atoms with van der Waals surface area (Å²) in [5.74, 6) is 0. The number of aromatic nitrogens is 2. The van der Waals surface area contributed by atoms with Crippen molar-refractivity contribution >= 4 is 5.65 Å². The van der Waals surface area contributed by atoms with Crippen LogP contribution in [0.2, 0.25) is 0 Å². The number of benzene rings is 1. The zero-order chi connectivity index (χ0) is 18.9. The van der Waals surface area contributed by atoms with Gasteiger partial charge in [0.25, 0.3) is 5.56 Å². The first-order valence-electron chi connectivity index (χ1n) is 10.3. The molecule has 2 aliphatic rings. The molecular weight excluding hydrogens is 348 g/mol. The summed E-state index contributed by atoms with van der Waals surface area (Å²) in [5, 5.41) is 0. The molecule has 2 saturated heterocycles. The van der Waals surface area contributed by atoms with Crippen LogP contribution in [0.4, 0.5) is 0 Å². The average molecular weight is 374 g/mol. The number of rotatable bonds is 5. The highest BCUT2D eigenvalue weighted by atomic mass is 16.1. The van der Waals surface area contributed by atoms with Crippen molar-refractivity contribution in [3.63, 3.8) is 0 Å². The molecule has 0 spiro atoms. The molecule has 5 nitrogen and oxygen atoms in total. The zero-order valence-electron chi connectivity index (χ0n) is 16.1. The molecule has 28 heavy (non-hydrogen) atoms. The van der Waals surface area contributed by atoms with Gasteiger partial charge in [0.2, 0.25) is 0 Å². The van der Waals surface area contributed by atoms with Gasteiger partial charge in [-0.15, -0.1) is 0 Å². The van der Waals surface area contributed by atoms with E-state index in [1.165, 1.54) is 24.9 Å². The van der Waals surface area contributed by atoms with E-state index in [-0.39, 0.29) is 5.56 Å². The van der Waals surface area contributed by atoms with Crippen molar-refractivity contribution in [2.45, 2.75) is 37.9 Å². The minimum atomic E-state index is 0.00672. The fourth-order valence-electron chi connectivity index (χ4n) is 4.95. The van der Waals surface area contributed by atoms with E-state index < -0.39 is 0 Å². The molecule has 0 amide bonds. The van der Waals surface area contributed by atoms with Crippen molar-refractivity contribution < 1.29 is 0 Å². The minimum absolute atomic E-state index is 0.00672. The summed E-state index contributed by atoms with van der Waals surface area (Å²) in [6.07, 6.45) is 5.33. The molecule has 3 aromatic rings. The maximum Gasteiger partial charge on any atom is 0.258 e. The monoisotopic (exact) mass is 374 g/mol. The first kappa shape index (κ1) is 17.6. The highest BCUT2D eigenvalue weighted by molar-refractivity contribution is 5.38. The molecule has 2 aromatic heterocycles. The van der Waals surface area contributed by atoms with Gasteiger partial charge in [0.1, 0.15) is 5.65 Å². The molecule has 5 rings (SSSR count). The predicted octanol–water partition coefficient (Wildman–Crippen LogP) is 2.59. The quantitative estimate of drug-likeness (QED) is 0.688. The molecule has 0 saturated carbocycles. The summed E-state index contributed by atoms with van der Waals surface area (Å²) in [5.41, 5.74) is 3.05. The molecule has 4 heterocycles. The van der Waals surface area contributed by atoms with Crippen LogP contribution in [0.1, 0.15) is 24.1 Å². The van der Waals surface area contributed by atoms with Crippen molar-refractivity contribution in [3.8, 4) is 0 Å². The summed E-state index contributed by atoms with van der Waals surface area (Å²) >= 11 is 0. The number of hydrogen-bond donors (Lipinski definition) is 0.